The van der Waals surface area contributed by atoms with Gasteiger partial charge in [-0.05, 0) is 42.0 Å². The number of hydrogen-bond acceptors (Lipinski definition) is 4. The quantitative estimate of drug-likeness (QED) is 0.640. The van der Waals surface area contributed by atoms with Gasteiger partial charge in [0.25, 0.3) is 11.8 Å². The Bertz CT molecular complexity index is 698. The molecule has 0 fully saturated rings. The summed E-state index contributed by atoms with van der Waals surface area (Å²) < 4.78 is 0. The molecule has 0 aliphatic rings. The van der Waals surface area contributed by atoms with Crippen molar-refractivity contribution in [1.82, 2.24) is 10.6 Å². The van der Waals surface area contributed by atoms with Crippen LogP contribution in [0.1, 0.15) is 52.3 Å². The second kappa shape index (κ2) is 10.3. The van der Waals surface area contributed by atoms with E-state index in [1.54, 1.807) is 18.2 Å². The van der Waals surface area contributed by atoms with Crippen LogP contribution in [0.4, 0.5) is 0 Å². The van der Waals surface area contributed by atoms with Crippen molar-refractivity contribution in [1.29, 1.82) is 0 Å². The van der Waals surface area contributed by atoms with Crippen molar-refractivity contribution in [2.45, 2.75) is 38.8 Å². The summed E-state index contributed by atoms with van der Waals surface area (Å²) in [7, 11) is 0. The minimum atomic E-state index is -0.359. The smallest absolute Gasteiger partial charge is 0.261 e. The highest BCUT2D eigenvalue weighted by Gasteiger charge is 2.21. The molecule has 0 aliphatic carbocycles. The van der Waals surface area contributed by atoms with Gasteiger partial charge >= 0.3 is 0 Å². The Morgan fingerprint density at radius 2 is 1.69 bits per heavy atom. The fourth-order valence-corrected chi connectivity index (χ4v) is 2.95. The molecule has 0 unspecified atom stereocenters. The van der Waals surface area contributed by atoms with Crippen molar-refractivity contribution >= 4 is 35.6 Å². The summed E-state index contributed by atoms with van der Waals surface area (Å²) in [5.74, 6) is -0.221. The van der Waals surface area contributed by atoms with Gasteiger partial charge in [0.15, 0.2) is 0 Å². The van der Waals surface area contributed by atoms with Gasteiger partial charge in [-0.25, -0.2) is 0 Å². The maximum atomic E-state index is 12.2. The zero-order chi connectivity index (χ0) is 18.3. The van der Waals surface area contributed by atoms with Crippen molar-refractivity contribution in [3.8, 4) is 0 Å². The van der Waals surface area contributed by atoms with Crippen LogP contribution in [-0.4, -0.2) is 23.9 Å². The van der Waals surface area contributed by atoms with Crippen molar-refractivity contribution in [3.63, 3.8) is 0 Å². The molecule has 2 amide bonds. The van der Waals surface area contributed by atoms with Gasteiger partial charge in [-0.1, -0.05) is 32.0 Å². The molecule has 142 valence electrons. The Labute approximate surface area is 164 Å². The largest absolute Gasteiger partial charge is 0.350 e. The van der Waals surface area contributed by atoms with Gasteiger partial charge in [-0.3, -0.25) is 9.59 Å². The third kappa shape index (κ3) is 6.12. The first-order valence-corrected chi connectivity index (χ1v) is 9.33. The SMILES string of the molecule is CCC(N)(CC)CNC(=O)c1ccc(CNC(=O)c2cccs2)cc1.Cl. The number of amides is 2. The third-order valence-corrected chi connectivity index (χ3v) is 5.29. The summed E-state index contributed by atoms with van der Waals surface area (Å²) >= 11 is 1.41. The Balaban J connectivity index is 0.00000338. The van der Waals surface area contributed by atoms with E-state index in [1.165, 1.54) is 11.3 Å². The van der Waals surface area contributed by atoms with E-state index in [-0.39, 0.29) is 29.8 Å². The standard InChI is InChI=1S/C19H25N3O2S.ClH/c1-3-19(20,4-2)13-22-17(23)15-9-7-14(8-10-15)12-21-18(24)16-6-5-11-25-16;/h5-11H,3-4,12-13,20H2,1-2H3,(H,21,24)(H,22,23);1H. The van der Waals surface area contributed by atoms with Gasteiger partial charge in [0, 0.05) is 24.2 Å². The molecule has 1 aromatic heterocycles. The molecule has 0 saturated carbocycles. The fourth-order valence-electron chi connectivity index (χ4n) is 2.31. The molecule has 0 saturated heterocycles. The van der Waals surface area contributed by atoms with E-state index in [2.05, 4.69) is 10.6 Å². The molecule has 0 bridgehead atoms. The minimum Gasteiger partial charge on any atom is -0.350 e. The third-order valence-electron chi connectivity index (χ3n) is 4.42. The molecule has 2 aromatic rings. The van der Waals surface area contributed by atoms with Gasteiger partial charge in [0.2, 0.25) is 0 Å². The van der Waals surface area contributed by atoms with E-state index in [0.717, 1.165) is 18.4 Å². The van der Waals surface area contributed by atoms with Gasteiger partial charge in [-0.15, -0.1) is 23.7 Å². The molecule has 1 heterocycles. The zero-order valence-corrected chi connectivity index (χ0v) is 16.7. The number of nitrogens with two attached hydrogens (primary N) is 1. The second-order valence-corrected chi connectivity index (χ2v) is 7.06. The lowest BCUT2D eigenvalue weighted by molar-refractivity contribution is 0.0937. The minimum absolute atomic E-state index is 0. The summed E-state index contributed by atoms with van der Waals surface area (Å²) in [6.07, 6.45) is 1.62. The summed E-state index contributed by atoms with van der Waals surface area (Å²) in [5, 5.41) is 7.63. The number of halogens is 1. The van der Waals surface area contributed by atoms with Crippen LogP contribution in [0.2, 0.25) is 0 Å². The van der Waals surface area contributed by atoms with Crippen LogP contribution in [0.15, 0.2) is 41.8 Å². The van der Waals surface area contributed by atoms with Crippen LogP contribution in [0.3, 0.4) is 0 Å². The van der Waals surface area contributed by atoms with Crippen molar-refractivity contribution < 1.29 is 9.59 Å². The number of carbonyl (C=O) groups is 2. The second-order valence-electron chi connectivity index (χ2n) is 6.11. The molecule has 0 aliphatic heterocycles. The van der Waals surface area contributed by atoms with Crippen molar-refractivity contribution in [2.75, 3.05) is 6.54 Å². The van der Waals surface area contributed by atoms with Crippen LogP contribution in [-0.2, 0) is 6.54 Å². The highest BCUT2D eigenvalue weighted by Crippen LogP contribution is 2.11. The Hall–Kier alpha value is -1.89. The first-order valence-electron chi connectivity index (χ1n) is 8.45. The molecule has 4 N–H and O–H groups in total. The van der Waals surface area contributed by atoms with E-state index >= 15 is 0 Å². The number of hydrogen-bond donors (Lipinski definition) is 3. The number of nitrogens with one attached hydrogen (secondary N) is 2. The Morgan fingerprint density at radius 3 is 2.23 bits per heavy atom. The van der Waals surface area contributed by atoms with Crippen LogP contribution < -0.4 is 16.4 Å². The first-order chi connectivity index (χ1) is 12.0. The molecule has 5 nitrogen and oxygen atoms in total. The van der Waals surface area contributed by atoms with Crippen molar-refractivity contribution in [2.24, 2.45) is 5.73 Å². The maximum absolute atomic E-state index is 12.2. The molecule has 0 radical (unpaired) electrons. The van der Waals surface area contributed by atoms with E-state index in [1.807, 2.05) is 37.4 Å². The lowest BCUT2D eigenvalue weighted by Gasteiger charge is -2.26. The van der Waals surface area contributed by atoms with Crippen molar-refractivity contribution in [3.05, 3.63) is 57.8 Å². The zero-order valence-electron chi connectivity index (χ0n) is 15.1. The molecule has 2 rings (SSSR count). The fraction of sp³-hybridized carbons (Fsp3) is 0.368. The molecule has 7 heteroatoms. The van der Waals surface area contributed by atoms with Gasteiger partial charge < -0.3 is 16.4 Å². The van der Waals surface area contributed by atoms with E-state index in [0.29, 0.717) is 23.5 Å². The number of carbonyl (C=O) groups excluding carboxylic acids is 2. The maximum Gasteiger partial charge on any atom is 0.261 e. The highest BCUT2D eigenvalue weighted by atomic mass is 35.5. The van der Waals surface area contributed by atoms with Gasteiger partial charge in [0.05, 0.1) is 4.88 Å². The molecule has 26 heavy (non-hydrogen) atoms. The predicted octanol–water partition coefficient (Wildman–Crippen LogP) is 3.35. The Morgan fingerprint density at radius 1 is 1.04 bits per heavy atom. The molecule has 1 aromatic carbocycles. The van der Waals surface area contributed by atoms with Gasteiger partial charge in [-0.2, -0.15) is 0 Å². The van der Waals surface area contributed by atoms with E-state index < -0.39 is 0 Å². The number of thiophene rings is 1. The normalized spacial score (nSPS) is 10.7. The van der Waals surface area contributed by atoms with Crippen LogP contribution >= 0.6 is 23.7 Å². The van der Waals surface area contributed by atoms with Crippen LogP contribution in [0.5, 0.6) is 0 Å². The molecular formula is C19H26ClN3O2S. The molecule has 0 atom stereocenters. The molecular weight excluding hydrogens is 370 g/mol. The number of benzene rings is 1. The van der Waals surface area contributed by atoms with Crippen LogP contribution in [0, 0.1) is 0 Å². The van der Waals surface area contributed by atoms with Crippen LogP contribution in [0.25, 0.3) is 0 Å². The average molecular weight is 396 g/mol. The summed E-state index contributed by atoms with van der Waals surface area (Å²) in [5.41, 5.74) is 7.37. The van der Waals surface area contributed by atoms with Gasteiger partial charge in [0.1, 0.15) is 0 Å². The number of rotatable bonds is 8. The average Bonchev–Trinajstić information content (AvgIpc) is 3.19. The lowest BCUT2D eigenvalue weighted by atomic mass is 9.94. The lowest BCUT2D eigenvalue weighted by Crippen LogP contribution is -2.49. The Kier molecular flexibility index (Phi) is 8.78. The summed E-state index contributed by atoms with van der Waals surface area (Å²) in [6, 6.07) is 10.9. The van der Waals surface area contributed by atoms with E-state index in [9.17, 15) is 9.59 Å². The monoisotopic (exact) mass is 395 g/mol. The summed E-state index contributed by atoms with van der Waals surface area (Å²) in [4.78, 5) is 24.8. The topological polar surface area (TPSA) is 84.2 Å². The van der Waals surface area contributed by atoms with E-state index in [4.69, 9.17) is 5.73 Å². The predicted molar refractivity (Wildman–Crippen MR) is 109 cm³/mol. The molecule has 0 spiro atoms. The summed E-state index contributed by atoms with van der Waals surface area (Å²) in [6.45, 7) is 4.93. The first kappa shape index (κ1) is 22.2. The highest BCUT2D eigenvalue weighted by molar-refractivity contribution is 7.12.